The van der Waals surface area contributed by atoms with E-state index in [0.29, 0.717) is 13.0 Å². The molecule has 0 rings (SSSR count). The average Bonchev–Trinajstić information content (AvgIpc) is 2.02. The molecule has 0 radical (unpaired) electrons. The largest absolute Gasteiger partial charge is 0.465 e. The second kappa shape index (κ2) is 7.91. The highest BCUT2D eigenvalue weighted by molar-refractivity contribution is 5.85. The van der Waals surface area contributed by atoms with Crippen LogP contribution >= 0.6 is 12.4 Å². The molecule has 0 aliphatic carbocycles. The molecule has 0 saturated heterocycles. The number of nitrogens with two attached hydrogens (primary N) is 2. The highest BCUT2D eigenvalue weighted by atomic mass is 35.5. The summed E-state index contributed by atoms with van der Waals surface area (Å²) in [6.07, 6.45) is 2.35. The molecule has 5 heteroatoms. The van der Waals surface area contributed by atoms with Gasteiger partial charge in [-0.3, -0.25) is 4.79 Å². The molecular formula is C10H23ClN2O2. The smallest absolute Gasteiger partial charge is 0.322 e. The van der Waals surface area contributed by atoms with E-state index >= 15 is 0 Å². The van der Waals surface area contributed by atoms with Gasteiger partial charge in [0.1, 0.15) is 6.04 Å². The van der Waals surface area contributed by atoms with Crippen molar-refractivity contribution in [2.24, 2.45) is 11.5 Å². The zero-order valence-corrected chi connectivity index (χ0v) is 10.6. The Morgan fingerprint density at radius 2 is 2.00 bits per heavy atom. The molecule has 15 heavy (non-hydrogen) atoms. The molecule has 0 fully saturated rings. The van der Waals surface area contributed by atoms with E-state index in [1.807, 2.05) is 13.8 Å². The first kappa shape index (κ1) is 17.1. The summed E-state index contributed by atoms with van der Waals surface area (Å²) < 4.78 is 4.79. The Morgan fingerprint density at radius 3 is 2.40 bits per heavy atom. The quantitative estimate of drug-likeness (QED) is 0.682. The lowest BCUT2D eigenvalue weighted by atomic mass is 9.97. The van der Waals surface area contributed by atoms with E-state index in [9.17, 15) is 4.79 Å². The molecule has 0 aromatic heterocycles. The Balaban J connectivity index is 0. The summed E-state index contributed by atoms with van der Waals surface area (Å²) in [6.45, 7) is 6.08. The molecule has 92 valence electrons. The maximum Gasteiger partial charge on any atom is 0.322 e. The third kappa shape index (κ3) is 9.97. The maximum absolute atomic E-state index is 11.1. The van der Waals surface area contributed by atoms with E-state index in [2.05, 4.69) is 0 Å². The second-order valence-corrected chi connectivity index (χ2v) is 4.24. The van der Waals surface area contributed by atoms with Crippen molar-refractivity contribution < 1.29 is 9.53 Å². The number of hydrogen-bond acceptors (Lipinski definition) is 4. The van der Waals surface area contributed by atoms with Gasteiger partial charge in [-0.15, -0.1) is 12.4 Å². The van der Waals surface area contributed by atoms with Gasteiger partial charge in [-0.2, -0.15) is 0 Å². The minimum absolute atomic E-state index is 0. The van der Waals surface area contributed by atoms with Crippen LogP contribution in [0.5, 0.6) is 0 Å². The highest BCUT2D eigenvalue weighted by Gasteiger charge is 2.16. The molecule has 0 aliphatic heterocycles. The van der Waals surface area contributed by atoms with Crippen molar-refractivity contribution in [2.45, 2.75) is 51.6 Å². The van der Waals surface area contributed by atoms with E-state index in [0.717, 1.165) is 12.8 Å². The van der Waals surface area contributed by atoms with E-state index < -0.39 is 6.04 Å². The van der Waals surface area contributed by atoms with Gasteiger partial charge in [0, 0.05) is 5.54 Å². The number of ether oxygens (including phenoxy) is 1. The molecule has 0 aromatic carbocycles. The van der Waals surface area contributed by atoms with Gasteiger partial charge in [-0.25, -0.2) is 0 Å². The van der Waals surface area contributed by atoms with Crippen LogP contribution < -0.4 is 11.5 Å². The van der Waals surface area contributed by atoms with Gasteiger partial charge in [-0.1, -0.05) is 0 Å². The standard InChI is InChI=1S/C10H22N2O2.ClH/c1-4-14-9(13)8(11)6-5-7-10(2,3)12;/h8H,4-7,11-12H2,1-3H3;1H/t8-;/m0./s1. The fourth-order valence-electron chi connectivity index (χ4n) is 1.14. The Morgan fingerprint density at radius 1 is 1.47 bits per heavy atom. The monoisotopic (exact) mass is 238 g/mol. The van der Waals surface area contributed by atoms with Crippen molar-refractivity contribution in [1.82, 2.24) is 0 Å². The lowest BCUT2D eigenvalue weighted by Crippen LogP contribution is -2.35. The summed E-state index contributed by atoms with van der Waals surface area (Å²) in [5, 5.41) is 0. The van der Waals surface area contributed by atoms with Crippen LogP contribution in [0.4, 0.5) is 0 Å². The predicted octanol–water partition coefficient (Wildman–Crippen LogP) is 1.21. The fourth-order valence-corrected chi connectivity index (χ4v) is 1.14. The minimum Gasteiger partial charge on any atom is -0.465 e. The SMILES string of the molecule is CCOC(=O)[C@@H](N)CCCC(C)(C)N.Cl. The summed E-state index contributed by atoms with van der Waals surface area (Å²) in [5.41, 5.74) is 11.2. The third-order valence-electron chi connectivity index (χ3n) is 1.93. The Bertz CT molecular complexity index is 181. The van der Waals surface area contributed by atoms with Gasteiger partial charge in [-0.05, 0) is 40.0 Å². The average molecular weight is 239 g/mol. The van der Waals surface area contributed by atoms with E-state index in [-0.39, 0.29) is 23.9 Å². The first-order valence-corrected chi connectivity index (χ1v) is 5.08. The summed E-state index contributed by atoms with van der Waals surface area (Å²) in [6, 6.07) is -0.503. The summed E-state index contributed by atoms with van der Waals surface area (Å²) in [7, 11) is 0. The van der Waals surface area contributed by atoms with Crippen LogP contribution in [-0.4, -0.2) is 24.2 Å². The van der Waals surface area contributed by atoms with Crippen LogP contribution in [0.2, 0.25) is 0 Å². The second-order valence-electron chi connectivity index (χ2n) is 4.24. The topological polar surface area (TPSA) is 78.3 Å². The predicted molar refractivity (Wildman–Crippen MR) is 64.0 cm³/mol. The highest BCUT2D eigenvalue weighted by Crippen LogP contribution is 2.10. The van der Waals surface area contributed by atoms with Gasteiger partial charge in [0.15, 0.2) is 0 Å². The normalized spacial score (nSPS) is 12.9. The number of halogens is 1. The Kier molecular flexibility index (Phi) is 9.01. The summed E-state index contributed by atoms with van der Waals surface area (Å²) in [4.78, 5) is 11.1. The molecule has 0 unspecified atom stereocenters. The number of hydrogen-bond donors (Lipinski definition) is 2. The van der Waals surface area contributed by atoms with Crippen molar-refractivity contribution in [3.05, 3.63) is 0 Å². The first-order chi connectivity index (χ1) is 6.37. The van der Waals surface area contributed by atoms with Crippen LogP contribution in [0.3, 0.4) is 0 Å². The summed E-state index contributed by atoms with van der Waals surface area (Å²) >= 11 is 0. The van der Waals surface area contributed by atoms with Crippen LogP contribution in [0.25, 0.3) is 0 Å². The Labute approximate surface area is 98.1 Å². The van der Waals surface area contributed by atoms with Crippen molar-refractivity contribution in [1.29, 1.82) is 0 Å². The molecule has 1 atom stereocenters. The summed E-state index contributed by atoms with van der Waals surface area (Å²) in [5.74, 6) is -0.317. The van der Waals surface area contributed by atoms with E-state index in [1.165, 1.54) is 0 Å². The van der Waals surface area contributed by atoms with Crippen LogP contribution in [0.15, 0.2) is 0 Å². The molecule has 0 amide bonds. The first-order valence-electron chi connectivity index (χ1n) is 5.08. The van der Waals surface area contributed by atoms with Crippen LogP contribution in [0, 0.1) is 0 Å². The van der Waals surface area contributed by atoms with Gasteiger partial charge in [0.05, 0.1) is 6.61 Å². The minimum atomic E-state index is -0.503. The van der Waals surface area contributed by atoms with Gasteiger partial charge >= 0.3 is 5.97 Å². The van der Waals surface area contributed by atoms with E-state index in [1.54, 1.807) is 6.92 Å². The molecule has 0 spiro atoms. The molecule has 0 bridgehead atoms. The van der Waals surface area contributed by atoms with Gasteiger partial charge in [0.2, 0.25) is 0 Å². The van der Waals surface area contributed by atoms with Gasteiger partial charge < -0.3 is 16.2 Å². The number of esters is 1. The van der Waals surface area contributed by atoms with Gasteiger partial charge in [0.25, 0.3) is 0 Å². The number of carbonyl (C=O) groups is 1. The zero-order chi connectivity index (χ0) is 11.2. The number of carbonyl (C=O) groups excluding carboxylic acids is 1. The Hall–Kier alpha value is -0.320. The van der Waals surface area contributed by atoms with Crippen LogP contribution in [0.1, 0.15) is 40.0 Å². The maximum atomic E-state index is 11.1. The molecule has 0 aliphatic rings. The number of rotatable bonds is 6. The molecule has 0 aromatic rings. The molecule has 0 saturated carbocycles. The molecule has 4 nitrogen and oxygen atoms in total. The molecular weight excluding hydrogens is 216 g/mol. The lowest BCUT2D eigenvalue weighted by molar-refractivity contribution is -0.144. The molecule has 4 N–H and O–H groups in total. The zero-order valence-electron chi connectivity index (χ0n) is 9.79. The van der Waals surface area contributed by atoms with E-state index in [4.69, 9.17) is 16.2 Å². The van der Waals surface area contributed by atoms with Crippen molar-refractivity contribution in [3.63, 3.8) is 0 Å². The lowest BCUT2D eigenvalue weighted by Gasteiger charge is -2.18. The van der Waals surface area contributed by atoms with Crippen LogP contribution in [-0.2, 0) is 9.53 Å². The van der Waals surface area contributed by atoms with Crippen molar-refractivity contribution in [3.8, 4) is 0 Å². The third-order valence-corrected chi connectivity index (χ3v) is 1.93. The fraction of sp³-hybridized carbons (Fsp3) is 0.900. The van der Waals surface area contributed by atoms with Crippen molar-refractivity contribution in [2.75, 3.05) is 6.61 Å². The van der Waals surface area contributed by atoms with Crippen molar-refractivity contribution >= 4 is 18.4 Å². The molecule has 0 heterocycles.